The second kappa shape index (κ2) is 36.7. The molecule has 0 rings (SSSR count). The molecule has 14 heteroatoms. The highest BCUT2D eigenvalue weighted by Gasteiger charge is 2.34. The van der Waals surface area contributed by atoms with Crippen molar-refractivity contribution in [2.45, 2.75) is 92.4 Å². The average molecular weight is 722 g/mol. The van der Waals surface area contributed by atoms with Gasteiger partial charge in [0.05, 0.1) is 92.5 Å². The number of ketones is 2. The van der Waals surface area contributed by atoms with Crippen molar-refractivity contribution in [3.05, 3.63) is 0 Å². The average Bonchev–Trinajstić information content (AvgIpc) is 3.09. The van der Waals surface area contributed by atoms with Crippen LogP contribution >= 0.6 is 0 Å². The predicted octanol–water partition coefficient (Wildman–Crippen LogP) is 3.02. The van der Waals surface area contributed by atoms with Crippen LogP contribution in [0.3, 0.4) is 0 Å². The van der Waals surface area contributed by atoms with Crippen LogP contribution in [-0.2, 0) is 52.3 Å². The number of unbranched alkanes of at least 4 members (excludes halogenated alkanes) is 1. The van der Waals surface area contributed by atoms with Crippen molar-refractivity contribution in [1.29, 1.82) is 0 Å². The Morgan fingerprint density at radius 2 is 0.900 bits per heavy atom. The molecule has 0 aromatic carbocycles. The van der Waals surface area contributed by atoms with Gasteiger partial charge in [0.1, 0.15) is 11.6 Å². The van der Waals surface area contributed by atoms with E-state index in [4.69, 9.17) is 38.9 Å². The highest BCUT2D eigenvalue weighted by molar-refractivity contribution is 5.79. The van der Waals surface area contributed by atoms with E-state index in [1.807, 2.05) is 20.8 Å². The lowest BCUT2D eigenvalue weighted by Crippen LogP contribution is -2.40. The molecule has 0 saturated carbocycles. The standard InChI is InChI=1S/C35H67N3O11.CH4/c1-4-7-8-31(39)9-17-47-28-35(29-48-18-11-33(41)37-14-5-2,30-49-19-12-34(42)38-15-6-3)27-32(40)10-16-43-21-23-45-25-26-46-24-22-44-20-13-36;/h4-30,36H2,1-3H3,(H,37,41)(H,38,42);1H4. The van der Waals surface area contributed by atoms with Crippen LogP contribution in [0.25, 0.3) is 0 Å². The number of carbonyl (C=O) groups is 4. The van der Waals surface area contributed by atoms with Crippen LogP contribution in [0.1, 0.15) is 92.4 Å². The molecule has 0 aromatic heterocycles. The Kier molecular flexibility index (Phi) is 36.8. The summed E-state index contributed by atoms with van der Waals surface area (Å²) in [5.74, 6) is -0.154. The zero-order valence-electron chi connectivity index (χ0n) is 30.7. The minimum absolute atomic E-state index is 0. The van der Waals surface area contributed by atoms with E-state index >= 15 is 0 Å². The molecule has 0 heterocycles. The highest BCUT2D eigenvalue weighted by Crippen LogP contribution is 2.26. The van der Waals surface area contributed by atoms with Crippen LogP contribution < -0.4 is 16.4 Å². The number of rotatable bonds is 38. The maximum absolute atomic E-state index is 13.2. The molecule has 0 bridgehead atoms. The zero-order chi connectivity index (χ0) is 36.3. The fraction of sp³-hybridized carbons (Fsp3) is 0.889. The van der Waals surface area contributed by atoms with Gasteiger partial charge in [-0.05, 0) is 19.3 Å². The minimum Gasteiger partial charge on any atom is -0.380 e. The fourth-order valence-corrected chi connectivity index (χ4v) is 4.40. The molecule has 0 spiro atoms. The molecule has 50 heavy (non-hydrogen) atoms. The third kappa shape index (κ3) is 31.9. The van der Waals surface area contributed by atoms with E-state index in [1.165, 1.54) is 0 Å². The Labute approximate surface area is 301 Å². The number of carbonyl (C=O) groups excluding carboxylic acids is 4. The summed E-state index contributed by atoms with van der Waals surface area (Å²) in [7, 11) is 0. The molecule has 0 aliphatic rings. The van der Waals surface area contributed by atoms with Gasteiger partial charge in [0.25, 0.3) is 0 Å². The van der Waals surface area contributed by atoms with E-state index in [0.717, 1.165) is 25.7 Å². The monoisotopic (exact) mass is 722 g/mol. The van der Waals surface area contributed by atoms with Crippen LogP contribution in [0.15, 0.2) is 0 Å². The molecule has 2 amide bonds. The summed E-state index contributed by atoms with van der Waals surface area (Å²) >= 11 is 0. The molecule has 0 aromatic rings. The quantitative estimate of drug-likeness (QED) is 0.0794. The zero-order valence-corrected chi connectivity index (χ0v) is 30.7. The minimum atomic E-state index is -0.887. The van der Waals surface area contributed by atoms with Gasteiger partial charge in [-0.3, -0.25) is 19.2 Å². The third-order valence-corrected chi connectivity index (χ3v) is 7.13. The van der Waals surface area contributed by atoms with Crippen molar-refractivity contribution >= 4 is 23.4 Å². The van der Waals surface area contributed by atoms with Gasteiger partial charge in [-0.1, -0.05) is 34.6 Å². The highest BCUT2D eigenvalue weighted by atomic mass is 16.6. The predicted molar refractivity (Wildman–Crippen MR) is 193 cm³/mol. The lowest BCUT2D eigenvalue weighted by molar-refractivity contribution is -0.133. The van der Waals surface area contributed by atoms with Gasteiger partial charge in [0.15, 0.2) is 0 Å². The Bertz CT molecular complexity index is 764. The van der Waals surface area contributed by atoms with Crippen molar-refractivity contribution in [2.75, 3.05) is 112 Å². The Morgan fingerprint density at radius 3 is 1.34 bits per heavy atom. The van der Waals surface area contributed by atoms with Gasteiger partial charge in [-0.25, -0.2) is 0 Å². The van der Waals surface area contributed by atoms with Crippen LogP contribution in [0, 0.1) is 5.41 Å². The number of amides is 2. The van der Waals surface area contributed by atoms with E-state index in [-0.39, 0.29) is 109 Å². The van der Waals surface area contributed by atoms with Crippen LogP contribution in [0.4, 0.5) is 0 Å². The van der Waals surface area contributed by atoms with Crippen LogP contribution in [-0.4, -0.2) is 136 Å². The lowest BCUT2D eigenvalue weighted by Gasteiger charge is -2.33. The third-order valence-electron chi connectivity index (χ3n) is 7.13. The number of nitrogens with one attached hydrogen (secondary N) is 2. The smallest absolute Gasteiger partial charge is 0.222 e. The molecule has 0 fully saturated rings. The van der Waals surface area contributed by atoms with Gasteiger partial charge in [0, 0.05) is 63.6 Å². The van der Waals surface area contributed by atoms with Crippen molar-refractivity contribution < 1.29 is 52.3 Å². The summed E-state index contributed by atoms with van der Waals surface area (Å²) in [6, 6.07) is 0. The molecule has 4 N–H and O–H groups in total. The first-order chi connectivity index (χ1) is 23.8. The van der Waals surface area contributed by atoms with E-state index in [1.54, 1.807) is 0 Å². The van der Waals surface area contributed by atoms with Gasteiger partial charge in [0.2, 0.25) is 11.8 Å². The summed E-state index contributed by atoms with van der Waals surface area (Å²) in [6.07, 6.45) is 4.86. The molecule has 296 valence electrons. The van der Waals surface area contributed by atoms with E-state index in [0.29, 0.717) is 72.3 Å². The SMILES string of the molecule is C.CCCCC(=O)CCOCC(COCCC(=O)NCCC)(COCCC(=O)NCCC)CC(=O)CCOCCOCCOCCOCCN. The van der Waals surface area contributed by atoms with Crippen LogP contribution in [0.2, 0.25) is 0 Å². The number of nitrogens with two attached hydrogens (primary N) is 1. The summed E-state index contributed by atoms with van der Waals surface area (Å²) in [6.45, 7) is 11.8. The Hall–Kier alpha value is -2.04. The summed E-state index contributed by atoms with van der Waals surface area (Å²) < 4.78 is 39.6. The molecule has 0 aliphatic carbocycles. The van der Waals surface area contributed by atoms with E-state index < -0.39 is 5.41 Å². The molecule has 0 saturated heterocycles. The number of hydrogen-bond acceptors (Lipinski definition) is 12. The number of Topliss-reactive ketones (excluding diaryl/α,β-unsaturated/α-hetero) is 2. The number of hydrogen-bond donors (Lipinski definition) is 3. The van der Waals surface area contributed by atoms with Gasteiger partial charge in [-0.2, -0.15) is 0 Å². The van der Waals surface area contributed by atoms with Crippen molar-refractivity contribution in [1.82, 2.24) is 10.6 Å². The van der Waals surface area contributed by atoms with Crippen molar-refractivity contribution in [3.8, 4) is 0 Å². The lowest BCUT2D eigenvalue weighted by atomic mass is 9.84. The van der Waals surface area contributed by atoms with Gasteiger partial charge >= 0.3 is 0 Å². The van der Waals surface area contributed by atoms with Crippen LogP contribution in [0.5, 0.6) is 0 Å². The first-order valence-corrected chi connectivity index (χ1v) is 18.1. The topological polar surface area (TPSA) is 183 Å². The molecular formula is C36H71N3O11. The van der Waals surface area contributed by atoms with Crippen molar-refractivity contribution in [2.24, 2.45) is 11.1 Å². The van der Waals surface area contributed by atoms with E-state index in [9.17, 15) is 19.2 Å². The maximum atomic E-state index is 13.2. The normalized spacial score (nSPS) is 11.3. The second-order valence-electron chi connectivity index (χ2n) is 12.0. The molecule has 0 aliphatic heterocycles. The first-order valence-electron chi connectivity index (χ1n) is 18.1. The van der Waals surface area contributed by atoms with E-state index in [2.05, 4.69) is 10.6 Å². The largest absolute Gasteiger partial charge is 0.380 e. The Balaban J connectivity index is 0. The Morgan fingerprint density at radius 1 is 0.500 bits per heavy atom. The van der Waals surface area contributed by atoms with Gasteiger partial charge < -0.3 is 49.5 Å². The van der Waals surface area contributed by atoms with Gasteiger partial charge in [-0.15, -0.1) is 0 Å². The summed E-state index contributed by atoms with van der Waals surface area (Å²) in [5, 5.41) is 5.65. The molecule has 0 radical (unpaired) electrons. The molecule has 14 nitrogen and oxygen atoms in total. The molecule has 0 atom stereocenters. The maximum Gasteiger partial charge on any atom is 0.222 e. The molecular weight excluding hydrogens is 650 g/mol. The first kappa shape index (κ1) is 50.1. The number of ether oxygens (including phenoxy) is 7. The second-order valence-corrected chi connectivity index (χ2v) is 12.0. The summed E-state index contributed by atoms with van der Waals surface area (Å²) in [5.41, 5.74) is 4.48. The van der Waals surface area contributed by atoms with Crippen molar-refractivity contribution in [3.63, 3.8) is 0 Å². The molecule has 0 unspecified atom stereocenters. The summed E-state index contributed by atoms with van der Waals surface area (Å²) in [4.78, 5) is 49.7. The fourth-order valence-electron chi connectivity index (χ4n) is 4.40.